The van der Waals surface area contributed by atoms with E-state index in [4.69, 9.17) is 10.4 Å². The van der Waals surface area contributed by atoms with Gasteiger partial charge in [-0.3, -0.25) is 9.69 Å². The van der Waals surface area contributed by atoms with Crippen LogP contribution < -0.4 is 5.32 Å². The number of nitrogens with one attached hydrogen (secondary N) is 1. The first kappa shape index (κ1) is 14.2. The van der Waals surface area contributed by atoms with Crippen LogP contribution in [0.25, 0.3) is 0 Å². The van der Waals surface area contributed by atoms with Gasteiger partial charge < -0.3 is 10.4 Å². The Kier molecular flexibility index (Phi) is 6.47. The van der Waals surface area contributed by atoms with Crippen molar-refractivity contribution in [3.05, 3.63) is 35.9 Å². The van der Waals surface area contributed by atoms with Crippen molar-refractivity contribution in [3.63, 3.8) is 0 Å². The van der Waals surface area contributed by atoms with Crippen molar-refractivity contribution < 1.29 is 9.90 Å². The second kappa shape index (κ2) is 8.23. The Labute approximate surface area is 107 Å². The van der Waals surface area contributed by atoms with E-state index in [-0.39, 0.29) is 25.6 Å². The van der Waals surface area contributed by atoms with Crippen LogP contribution in [0.5, 0.6) is 0 Å². The molecule has 0 aromatic heterocycles. The summed E-state index contributed by atoms with van der Waals surface area (Å²) in [6.45, 7) is 1.21. The molecule has 0 saturated carbocycles. The van der Waals surface area contributed by atoms with Crippen molar-refractivity contribution in [1.29, 1.82) is 5.26 Å². The van der Waals surface area contributed by atoms with E-state index in [2.05, 4.69) is 5.32 Å². The van der Waals surface area contributed by atoms with E-state index in [0.717, 1.165) is 5.56 Å². The van der Waals surface area contributed by atoms with Crippen LogP contribution in [0.1, 0.15) is 5.56 Å². The maximum atomic E-state index is 11.5. The van der Waals surface area contributed by atoms with Crippen molar-refractivity contribution in [2.45, 2.75) is 6.54 Å². The zero-order valence-electron chi connectivity index (χ0n) is 10.2. The minimum atomic E-state index is -0.207. The topological polar surface area (TPSA) is 76.4 Å². The molecule has 0 bridgehead atoms. The van der Waals surface area contributed by atoms with Gasteiger partial charge in [0.25, 0.3) is 0 Å². The van der Waals surface area contributed by atoms with Gasteiger partial charge in [-0.25, -0.2) is 0 Å². The molecule has 0 atom stereocenters. The number of benzene rings is 1. The monoisotopic (exact) mass is 247 g/mol. The van der Waals surface area contributed by atoms with E-state index in [1.54, 1.807) is 0 Å². The number of hydrogen-bond donors (Lipinski definition) is 2. The molecule has 18 heavy (non-hydrogen) atoms. The molecule has 5 heteroatoms. The predicted molar refractivity (Wildman–Crippen MR) is 67.4 cm³/mol. The maximum Gasteiger partial charge on any atom is 0.235 e. The number of hydrogen-bond acceptors (Lipinski definition) is 4. The summed E-state index contributed by atoms with van der Waals surface area (Å²) >= 11 is 0. The van der Waals surface area contributed by atoms with Crippen molar-refractivity contribution >= 4 is 5.91 Å². The zero-order valence-corrected chi connectivity index (χ0v) is 10.2. The van der Waals surface area contributed by atoms with E-state index < -0.39 is 0 Å². The lowest BCUT2D eigenvalue weighted by atomic mass is 10.2. The molecule has 0 spiro atoms. The molecule has 2 N–H and O–H groups in total. The van der Waals surface area contributed by atoms with Crippen molar-refractivity contribution in [2.24, 2.45) is 0 Å². The highest BCUT2D eigenvalue weighted by molar-refractivity contribution is 5.78. The fourth-order valence-corrected chi connectivity index (χ4v) is 1.59. The van der Waals surface area contributed by atoms with Crippen LogP contribution in [0, 0.1) is 11.3 Å². The quantitative estimate of drug-likeness (QED) is 0.671. The smallest absolute Gasteiger partial charge is 0.235 e. The molecule has 5 nitrogen and oxygen atoms in total. The van der Waals surface area contributed by atoms with Crippen molar-refractivity contribution in [3.8, 4) is 6.07 Å². The Bertz CT molecular complexity index is 400. The van der Waals surface area contributed by atoms with Gasteiger partial charge in [0.05, 0.1) is 19.2 Å². The molecule has 1 rings (SSSR count). The summed E-state index contributed by atoms with van der Waals surface area (Å²) in [5.41, 5.74) is 1.08. The summed E-state index contributed by atoms with van der Waals surface area (Å²) in [6.07, 6.45) is 0. The number of nitrogens with zero attached hydrogens (tertiary/aromatic N) is 2. The first-order valence-electron chi connectivity index (χ1n) is 5.77. The minimum Gasteiger partial charge on any atom is -0.395 e. The third-order valence-corrected chi connectivity index (χ3v) is 2.40. The van der Waals surface area contributed by atoms with Crippen LogP contribution in [-0.4, -0.2) is 42.2 Å². The standard InChI is InChI=1S/C13H17N3O2/c14-6-7-15-13(18)11-16(8-9-17)10-12-4-2-1-3-5-12/h1-5,17H,7-11H2,(H,15,18). The number of aliphatic hydroxyl groups is 1. The average molecular weight is 247 g/mol. The largest absolute Gasteiger partial charge is 0.395 e. The van der Waals surface area contributed by atoms with Gasteiger partial charge >= 0.3 is 0 Å². The van der Waals surface area contributed by atoms with Crippen molar-refractivity contribution in [1.82, 2.24) is 10.2 Å². The van der Waals surface area contributed by atoms with Gasteiger partial charge in [-0.15, -0.1) is 0 Å². The lowest BCUT2D eigenvalue weighted by Gasteiger charge is -2.20. The van der Waals surface area contributed by atoms with E-state index in [1.807, 2.05) is 41.3 Å². The first-order valence-corrected chi connectivity index (χ1v) is 5.77. The minimum absolute atomic E-state index is 0.00162. The Morgan fingerprint density at radius 1 is 1.39 bits per heavy atom. The summed E-state index contributed by atoms with van der Waals surface area (Å²) < 4.78 is 0. The van der Waals surface area contributed by atoms with E-state index >= 15 is 0 Å². The molecule has 0 radical (unpaired) electrons. The van der Waals surface area contributed by atoms with Crippen LogP contribution in [0.4, 0.5) is 0 Å². The van der Waals surface area contributed by atoms with Crippen LogP contribution in [0.15, 0.2) is 30.3 Å². The summed E-state index contributed by atoms with van der Waals surface area (Å²) in [6, 6.07) is 11.6. The second-order valence-electron chi connectivity index (χ2n) is 3.85. The number of amides is 1. The molecule has 1 amide bonds. The second-order valence-corrected chi connectivity index (χ2v) is 3.85. The van der Waals surface area contributed by atoms with Gasteiger partial charge in [-0.1, -0.05) is 30.3 Å². The van der Waals surface area contributed by atoms with E-state index in [1.165, 1.54) is 0 Å². The molecule has 0 aliphatic rings. The number of nitriles is 1. The van der Waals surface area contributed by atoms with Crippen LogP contribution >= 0.6 is 0 Å². The fourth-order valence-electron chi connectivity index (χ4n) is 1.59. The Morgan fingerprint density at radius 2 is 2.11 bits per heavy atom. The normalized spacial score (nSPS) is 10.1. The molecule has 0 aliphatic heterocycles. The molecule has 0 unspecified atom stereocenters. The fraction of sp³-hybridized carbons (Fsp3) is 0.385. The maximum absolute atomic E-state index is 11.5. The predicted octanol–water partition coefficient (Wildman–Crippen LogP) is 0.121. The molecule has 0 heterocycles. The molecule has 96 valence electrons. The number of aliphatic hydroxyl groups excluding tert-OH is 1. The number of carbonyl (C=O) groups is 1. The van der Waals surface area contributed by atoms with Gasteiger partial charge in [0.1, 0.15) is 6.54 Å². The highest BCUT2D eigenvalue weighted by Gasteiger charge is 2.10. The van der Waals surface area contributed by atoms with Gasteiger partial charge in [0, 0.05) is 13.1 Å². The lowest BCUT2D eigenvalue weighted by Crippen LogP contribution is -2.38. The Balaban J connectivity index is 2.50. The Morgan fingerprint density at radius 3 is 2.72 bits per heavy atom. The number of carbonyl (C=O) groups excluding carboxylic acids is 1. The van der Waals surface area contributed by atoms with Crippen molar-refractivity contribution in [2.75, 3.05) is 26.2 Å². The molecule has 0 fully saturated rings. The summed E-state index contributed by atoms with van der Waals surface area (Å²) in [4.78, 5) is 13.3. The number of rotatable bonds is 7. The van der Waals surface area contributed by atoms with E-state index in [0.29, 0.717) is 13.1 Å². The van der Waals surface area contributed by atoms with E-state index in [9.17, 15) is 4.79 Å². The third-order valence-electron chi connectivity index (χ3n) is 2.40. The van der Waals surface area contributed by atoms with Gasteiger partial charge in [-0.05, 0) is 5.56 Å². The molecule has 1 aromatic carbocycles. The average Bonchev–Trinajstić information content (AvgIpc) is 2.38. The van der Waals surface area contributed by atoms with Crippen LogP contribution in [0.3, 0.4) is 0 Å². The van der Waals surface area contributed by atoms with Crippen LogP contribution in [0.2, 0.25) is 0 Å². The molecular formula is C13H17N3O2. The highest BCUT2D eigenvalue weighted by atomic mass is 16.3. The van der Waals surface area contributed by atoms with Gasteiger partial charge in [-0.2, -0.15) is 5.26 Å². The van der Waals surface area contributed by atoms with Crippen LogP contribution in [-0.2, 0) is 11.3 Å². The Hall–Kier alpha value is -1.90. The summed E-state index contributed by atoms with van der Waals surface area (Å²) in [5, 5.41) is 19.8. The first-order chi connectivity index (χ1) is 8.76. The molecule has 0 aliphatic carbocycles. The lowest BCUT2D eigenvalue weighted by molar-refractivity contribution is -0.122. The highest BCUT2D eigenvalue weighted by Crippen LogP contribution is 2.03. The van der Waals surface area contributed by atoms with Gasteiger partial charge in [0.15, 0.2) is 0 Å². The SMILES string of the molecule is N#CCNC(=O)CN(CCO)Cc1ccccc1. The molecule has 1 aromatic rings. The zero-order chi connectivity index (χ0) is 13.2. The molecular weight excluding hydrogens is 230 g/mol. The van der Waals surface area contributed by atoms with Gasteiger partial charge in [0.2, 0.25) is 5.91 Å². The summed E-state index contributed by atoms with van der Waals surface area (Å²) in [5.74, 6) is -0.207. The summed E-state index contributed by atoms with van der Waals surface area (Å²) in [7, 11) is 0. The third kappa shape index (κ3) is 5.43. The molecule has 0 saturated heterocycles.